The van der Waals surface area contributed by atoms with Crippen LogP contribution in [0.25, 0.3) is 0 Å². The van der Waals surface area contributed by atoms with Crippen LogP contribution in [0.5, 0.6) is 11.5 Å². The van der Waals surface area contributed by atoms with E-state index in [1.165, 1.54) is 12.1 Å². The van der Waals surface area contributed by atoms with Crippen LogP contribution in [-0.4, -0.2) is 36.6 Å². The summed E-state index contributed by atoms with van der Waals surface area (Å²) in [5.74, 6) is -0.874. The van der Waals surface area contributed by atoms with Crippen molar-refractivity contribution >= 4 is 5.97 Å². The third-order valence-electron chi connectivity index (χ3n) is 2.69. The lowest BCUT2D eigenvalue weighted by atomic mass is 10.2. The van der Waals surface area contributed by atoms with Gasteiger partial charge in [0.15, 0.2) is 0 Å². The molecule has 0 radical (unpaired) electrons. The fourth-order valence-corrected chi connectivity index (χ4v) is 1.74. The number of carboxylic acids is 1. The number of hydrogen-bond acceptors (Lipinski definition) is 4. The molecule has 1 unspecified atom stereocenters. The summed E-state index contributed by atoms with van der Waals surface area (Å²) >= 11 is 0. The molecule has 0 bridgehead atoms. The molecule has 0 aromatic heterocycles. The normalized spacial score (nSPS) is 12.7. The molecule has 0 fully saturated rings. The molecule has 8 heteroatoms. The van der Waals surface area contributed by atoms with Crippen molar-refractivity contribution in [2.24, 2.45) is 0 Å². The molecule has 22 heavy (non-hydrogen) atoms. The van der Waals surface area contributed by atoms with Crippen LogP contribution in [0.4, 0.5) is 13.2 Å². The zero-order chi connectivity index (χ0) is 16.6. The Morgan fingerprint density at radius 1 is 1.27 bits per heavy atom. The molecule has 0 heterocycles. The van der Waals surface area contributed by atoms with Gasteiger partial charge in [-0.2, -0.15) is 0 Å². The molecule has 0 aliphatic carbocycles. The minimum Gasteiger partial charge on any atom is -0.492 e. The predicted molar refractivity (Wildman–Crippen MR) is 73.0 cm³/mol. The van der Waals surface area contributed by atoms with Crippen molar-refractivity contribution in [2.75, 3.05) is 13.2 Å². The molecule has 0 aliphatic rings. The van der Waals surface area contributed by atoms with Crippen LogP contribution >= 0.6 is 0 Å². The monoisotopic (exact) mass is 321 g/mol. The van der Waals surface area contributed by atoms with Crippen LogP contribution in [0.3, 0.4) is 0 Å². The highest BCUT2D eigenvalue weighted by molar-refractivity contribution is 5.73. The Hall–Kier alpha value is -1.96. The largest absolute Gasteiger partial charge is 0.573 e. The topological polar surface area (TPSA) is 67.8 Å². The highest BCUT2D eigenvalue weighted by atomic mass is 19.4. The van der Waals surface area contributed by atoms with Crippen LogP contribution in [-0.2, 0) is 4.79 Å². The molecule has 124 valence electrons. The quantitative estimate of drug-likeness (QED) is 0.685. The Kier molecular flexibility index (Phi) is 6.97. The van der Waals surface area contributed by atoms with Gasteiger partial charge in [-0.25, -0.2) is 0 Å². The van der Waals surface area contributed by atoms with Gasteiger partial charge in [-0.3, -0.25) is 4.79 Å². The lowest BCUT2D eigenvalue weighted by Crippen LogP contribution is -2.38. The van der Waals surface area contributed by atoms with Crippen molar-refractivity contribution in [1.29, 1.82) is 0 Å². The van der Waals surface area contributed by atoms with Crippen molar-refractivity contribution < 1.29 is 32.5 Å². The molecule has 0 spiro atoms. The average molecular weight is 321 g/mol. The van der Waals surface area contributed by atoms with E-state index in [1.807, 2.05) is 6.92 Å². The molecule has 1 aromatic carbocycles. The lowest BCUT2D eigenvalue weighted by molar-refractivity contribution is -0.274. The van der Waals surface area contributed by atoms with Crippen LogP contribution < -0.4 is 14.8 Å². The number of ether oxygens (including phenoxy) is 2. The van der Waals surface area contributed by atoms with Gasteiger partial charge >= 0.3 is 12.3 Å². The molecule has 0 aliphatic heterocycles. The van der Waals surface area contributed by atoms with Gasteiger partial charge in [0.05, 0.1) is 0 Å². The highest BCUT2D eigenvalue weighted by Crippen LogP contribution is 2.24. The first-order valence-electron chi connectivity index (χ1n) is 6.76. The summed E-state index contributed by atoms with van der Waals surface area (Å²) in [6, 6.07) is 4.36. The van der Waals surface area contributed by atoms with Gasteiger partial charge in [-0.15, -0.1) is 13.2 Å². The number of halogens is 3. The van der Waals surface area contributed by atoms with Gasteiger partial charge in [-0.1, -0.05) is 13.3 Å². The van der Waals surface area contributed by atoms with Gasteiger partial charge in [-0.05, 0) is 30.7 Å². The molecule has 2 N–H and O–H groups in total. The average Bonchev–Trinajstić information content (AvgIpc) is 2.42. The van der Waals surface area contributed by atoms with Crippen molar-refractivity contribution in [2.45, 2.75) is 32.2 Å². The second-order valence-corrected chi connectivity index (χ2v) is 4.50. The first-order chi connectivity index (χ1) is 10.3. The van der Waals surface area contributed by atoms with Gasteiger partial charge in [0.25, 0.3) is 0 Å². The molecular weight excluding hydrogens is 303 g/mol. The van der Waals surface area contributed by atoms with Crippen molar-refractivity contribution in [3.05, 3.63) is 24.3 Å². The summed E-state index contributed by atoms with van der Waals surface area (Å²) < 4.78 is 45.0. The second kappa shape index (κ2) is 8.47. The molecule has 1 aromatic rings. The smallest absolute Gasteiger partial charge is 0.492 e. The van der Waals surface area contributed by atoms with Crippen LogP contribution in [0.1, 0.15) is 19.8 Å². The summed E-state index contributed by atoms with van der Waals surface area (Å²) in [6.45, 7) is 2.41. The van der Waals surface area contributed by atoms with Crippen LogP contribution in [0.2, 0.25) is 0 Å². The summed E-state index contributed by atoms with van der Waals surface area (Å²) in [6.07, 6.45) is -3.47. The van der Waals surface area contributed by atoms with Crippen LogP contribution in [0.15, 0.2) is 24.3 Å². The zero-order valence-corrected chi connectivity index (χ0v) is 12.0. The van der Waals surface area contributed by atoms with E-state index in [2.05, 4.69) is 10.1 Å². The second-order valence-electron chi connectivity index (χ2n) is 4.50. The van der Waals surface area contributed by atoms with Gasteiger partial charge in [0.1, 0.15) is 24.1 Å². The maximum atomic E-state index is 12.0. The fraction of sp³-hybridized carbons (Fsp3) is 0.500. The Morgan fingerprint density at radius 3 is 2.36 bits per heavy atom. The number of carboxylic acid groups (broad SMARTS) is 1. The van der Waals surface area contributed by atoms with E-state index in [9.17, 15) is 18.0 Å². The van der Waals surface area contributed by atoms with Gasteiger partial charge < -0.3 is 19.9 Å². The minimum absolute atomic E-state index is 0.201. The Morgan fingerprint density at radius 2 is 1.86 bits per heavy atom. The predicted octanol–water partition coefficient (Wildman–Crippen LogP) is 2.81. The van der Waals surface area contributed by atoms with Crippen LogP contribution in [0, 0.1) is 0 Å². The maximum absolute atomic E-state index is 12.0. The molecule has 5 nitrogen and oxygen atoms in total. The summed E-state index contributed by atoms with van der Waals surface area (Å²) in [5, 5.41) is 11.8. The summed E-state index contributed by atoms with van der Waals surface area (Å²) in [7, 11) is 0. The standard InChI is InChI=1S/C14H18F3NO4/c1-2-3-12(13(19)20)18-8-9-21-10-4-6-11(7-5-10)22-14(15,16)17/h4-7,12,18H,2-3,8-9H2,1H3,(H,19,20). The van der Waals surface area contributed by atoms with E-state index in [0.717, 1.165) is 18.6 Å². The van der Waals surface area contributed by atoms with E-state index < -0.39 is 18.4 Å². The van der Waals surface area contributed by atoms with E-state index in [4.69, 9.17) is 9.84 Å². The molecular formula is C14H18F3NO4. The number of carbonyl (C=O) groups is 1. The summed E-state index contributed by atoms with van der Waals surface area (Å²) in [4.78, 5) is 10.9. The van der Waals surface area contributed by atoms with Crippen molar-refractivity contribution in [1.82, 2.24) is 5.32 Å². The van der Waals surface area contributed by atoms with Crippen molar-refractivity contribution in [3.63, 3.8) is 0 Å². The molecule has 0 saturated heterocycles. The lowest BCUT2D eigenvalue weighted by Gasteiger charge is -2.14. The number of benzene rings is 1. The van der Waals surface area contributed by atoms with E-state index in [-0.39, 0.29) is 12.4 Å². The Balaban J connectivity index is 2.34. The third kappa shape index (κ3) is 7.16. The number of rotatable bonds is 9. The summed E-state index contributed by atoms with van der Waals surface area (Å²) in [5.41, 5.74) is 0. The first-order valence-corrected chi connectivity index (χ1v) is 6.76. The Bertz CT molecular complexity index is 462. The molecule has 0 amide bonds. The van der Waals surface area contributed by atoms with E-state index >= 15 is 0 Å². The fourth-order valence-electron chi connectivity index (χ4n) is 1.74. The third-order valence-corrected chi connectivity index (χ3v) is 2.69. The van der Waals surface area contributed by atoms with Gasteiger partial charge in [0, 0.05) is 6.54 Å². The minimum atomic E-state index is -4.72. The van der Waals surface area contributed by atoms with Gasteiger partial charge in [0.2, 0.25) is 0 Å². The number of alkyl halides is 3. The molecule has 1 atom stereocenters. The maximum Gasteiger partial charge on any atom is 0.573 e. The first kappa shape index (κ1) is 18.1. The Labute approximate surface area is 126 Å². The van der Waals surface area contributed by atoms with Crippen molar-refractivity contribution in [3.8, 4) is 11.5 Å². The molecule has 0 saturated carbocycles. The zero-order valence-electron chi connectivity index (χ0n) is 12.0. The number of hydrogen-bond donors (Lipinski definition) is 2. The SMILES string of the molecule is CCCC(NCCOc1ccc(OC(F)(F)F)cc1)C(=O)O. The highest BCUT2D eigenvalue weighted by Gasteiger charge is 2.30. The number of aliphatic carboxylic acids is 1. The molecule has 1 rings (SSSR count). The number of nitrogens with one attached hydrogen (secondary N) is 1. The van der Waals surface area contributed by atoms with E-state index in [1.54, 1.807) is 0 Å². The van der Waals surface area contributed by atoms with E-state index in [0.29, 0.717) is 18.7 Å².